The first-order valence-electron chi connectivity index (χ1n) is 7.38. The molecule has 0 aliphatic heterocycles. The van der Waals surface area contributed by atoms with Crippen molar-refractivity contribution in [3.63, 3.8) is 0 Å². The van der Waals surface area contributed by atoms with Crippen LogP contribution in [0.4, 0.5) is 0 Å². The van der Waals surface area contributed by atoms with Gasteiger partial charge in [0.1, 0.15) is 5.76 Å². The van der Waals surface area contributed by atoms with Crippen LogP contribution in [-0.4, -0.2) is 19.0 Å². The Morgan fingerprint density at radius 1 is 1.32 bits per heavy atom. The van der Waals surface area contributed by atoms with E-state index in [1.807, 2.05) is 19.1 Å². The predicted molar refractivity (Wildman–Crippen MR) is 93.4 cm³/mol. The van der Waals surface area contributed by atoms with Crippen molar-refractivity contribution in [3.05, 3.63) is 58.2 Å². The Labute approximate surface area is 136 Å². The topological polar surface area (TPSA) is 49.6 Å². The van der Waals surface area contributed by atoms with E-state index in [9.17, 15) is 0 Å². The van der Waals surface area contributed by atoms with Gasteiger partial charge in [0.15, 0.2) is 5.96 Å². The molecule has 0 fully saturated rings. The van der Waals surface area contributed by atoms with E-state index < -0.39 is 0 Å². The third-order valence-electron chi connectivity index (χ3n) is 2.99. The lowest BCUT2D eigenvalue weighted by Gasteiger charge is -2.12. The van der Waals surface area contributed by atoms with Crippen LogP contribution in [0.1, 0.15) is 22.4 Å². The number of aryl methyl sites for hydroxylation is 1. The molecule has 0 spiro atoms. The van der Waals surface area contributed by atoms with E-state index in [4.69, 9.17) is 4.42 Å². The molecule has 0 bridgehead atoms. The lowest BCUT2D eigenvalue weighted by atomic mass is 10.3. The van der Waals surface area contributed by atoms with E-state index in [0.29, 0.717) is 6.54 Å². The summed E-state index contributed by atoms with van der Waals surface area (Å²) in [6.45, 7) is 10.2. The zero-order valence-corrected chi connectivity index (χ0v) is 14.0. The first-order chi connectivity index (χ1) is 10.6. The highest BCUT2D eigenvalue weighted by atomic mass is 32.1. The third kappa shape index (κ3) is 5.77. The normalized spacial score (nSPS) is 11.5. The molecule has 0 saturated heterocycles. The van der Waals surface area contributed by atoms with Crippen molar-refractivity contribution in [3.8, 4) is 0 Å². The lowest BCUT2D eigenvalue weighted by Crippen LogP contribution is -2.39. The molecule has 22 heavy (non-hydrogen) atoms. The van der Waals surface area contributed by atoms with Gasteiger partial charge in [0.05, 0.1) is 12.8 Å². The Morgan fingerprint density at radius 3 is 2.82 bits per heavy atom. The summed E-state index contributed by atoms with van der Waals surface area (Å²) in [5, 5.41) is 6.62. The summed E-state index contributed by atoms with van der Waals surface area (Å²) in [4.78, 5) is 7.21. The zero-order chi connectivity index (χ0) is 15.8. The van der Waals surface area contributed by atoms with E-state index in [-0.39, 0.29) is 0 Å². The summed E-state index contributed by atoms with van der Waals surface area (Å²) >= 11 is 1.78. The van der Waals surface area contributed by atoms with E-state index in [2.05, 4.69) is 41.3 Å². The standard InChI is InChI=1S/C17H23N3OS/c1-13(2)11-19-17(18-9-8-15-5-4-10-21-15)20-12-16-7-6-14(3)22-16/h4-7,10H,1,8-9,11-12H2,2-3H3,(H2,18,19,20). The van der Waals surface area contributed by atoms with Gasteiger partial charge in [-0.3, -0.25) is 0 Å². The van der Waals surface area contributed by atoms with Gasteiger partial charge in [-0.25, -0.2) is 4.99 Å². The fourth-order valence-electron chi connectivity index (χ4n) is 1.89. The van der Waals surface area contributed by atoms with Crippen molar-refractivity contribution in [1.82, 2.24) is 10.6 Å². The van der Waals surface area contributed by atoms with Gasteiger partial charge in [-0.2, -0.15) is 0 Å². The average Bonchev–Trinajstić information content (AvgIpc) is 3.12. The number of thiophene rings is 1. The number of hydrogen-bond acceptors (Lipinski definition) is 3. The Bertz CT molecular complexity index is 614. The molecule has 0 amide bonds. The highest BCUT2D eigenvalue weighted by molar-refractivity contribution is 7.11. The first kappa shape index (κ1) is 16.4. The lowest BCUT2D eigenvalue weighted by molar-refractivity contribution is 0.507. The minimum absolute atomic E-state index is 0.685. The summed E-state index contributed by atoms with van der Waals surface area (Å²) in [7, 11) is 0. The summed E-state index contributed by atoms with van der Waals surface area (Å²) in [5.74, 6) is 1.78. The smallest absolute Gasteiger partial charge is 0.191 e. The predicted octanol–water partition coefficient (Wildman–Crippen LogP) is 3.50. The van der Waals surface area contributed by atoms with Crippen LogP contribution in [0.15, 0.2) is 52.1 Å². The van der Waals surface area contributed by atoms with Crippen molar-refractivity contribution >= 4 is 17.3 Å². The fourth-order valence-corrected chi connectivity index (χ4v) is 2.71. The number of rotatable bonds is 7. The Kier molecular flexibility index (Phi) is 6.27. The van der Waals surface area contributed by atoms with Crippen molar-refractivity contribution in [2.24, 2.45) is 4.99 Å². The molecule has 0 unspecified atom stereocenters. The van der Waals surface area contributed by atoms with Crippen LogP contribution in [0.25, 0.3) is 0 Å². The summed E-state index contributed by atoms with van der Waals surface area (Å²) in [5.41, 5.74) is 1.08. The van der Waals surface area contributed by atoms with Crippen molar-refractivity contribution in [2.75, 3.05) is 13.1 Å². The molecule has 0 saturated carbocycles. The molecule has 0 radical (unpaired) electrons. The second kappa shape index (κ2) is 8.44. The number of nitrogens with one attached hydrogen (secondary N) is 2. The van der Waals surface area contributed by atoms with Gasteiger partial charge in [0.2, 0.25) is 0 Å². The van der Waals surface area contributed by atoms with Gasteiger partial charge in [0, 0.05) is 29.3 Å². The molecule has 2 N–H and O–H groups in total. The van der Waals surface area contributed by atoms with Crippen molar-refractivity contribution < 1.29 is 4.42 Å². The highest BCUT2D eigenvalue weighted by Gasteiger charge is 2.01. The van der Waals surface area contributed by atoms with Gasteiger partial charge in [-0.05, 0) is 38.1 Å². The van der Waals surface area contributed by atoms with Crippen LogP contribution < -0.4 is 10.6 Å². The third-order valence-corrected chi connectivity index (χ3v) is 3.98. The molecule has 0 aliphatic rings. The molecule has 0 aromatic carbocycles. The molecule has 0 aliphatic carbocycles. The van der Waals surface area contributed by atoms with Crippen molar-refractivity contribution in [2.45, 2.75) is 26.8 Å². The molecule has 4 nitrogen and oxygen atoms in total. The molecule has 0 atom stereocenters. The molecular formula is C17H23N3OS. The van der Waals surface area contributed by atoms with Gasteiger partial charge in [0.25, 0.3) is 0 Å². The first-order valence-corrected chi connectivity index (χ1v) is 8.19. The van der Waals surface area contributed by atoms with Crippen LogP contribution in [0.5, 0.6) is 0 Å². The van der Waals surface area contributed by atoms with E-state index >= 15 is 0 Å². The van der Waals surface area contributed by atoms with Gasteiger partial charge in [-0.15, -0.1) is 11.3 Å². The molecule has 5 heteroatoms. The summed E-state index contributed by atoms with van der Waals surface area (Å²) < 4.78 is 5.33. The van der Waals surface area contributed by atoms with E-state index in [0.717, 1.165) is 36.8 Å². The van der Waals surface area contributed by atoms with Gasteiger partial charge in [-0.1, -0.05) is 12.2 Å². The minimum Gasteiger partial charge on any atom is -0.469 e. The molecule has 2 rings (SSSR count). The summed E-state index contributed by atoms with van der Waals surface area (Å²) in [6.07, 6.45) is 2.53. The maximum Gasteiger partial charge on any atom is 0.191 e. The molecule has 2 heterocycles. The SMILES string of the molecule is C=C(C)CNC(=NCc1ccc(C)s1)NCCc1ccco1. The molecule has 2 aromatic rings. The maximum absolute atomic E-state index is 5.33. The quantitative estimate of drug-likeness (QED) is 0.467. The van der Waals surface area contributed by atoms with Crippen LogP contribution >= 0.6 is 11.3 Å². The van der Waals surface area contributed by atoms with Gasteiger partial charge >= 0.3 is 0 Å². The number of nitrogens with zero attached hydrogens (tertiary/aromatic N) is 1. The van der Waals surface area contributed by atoms with E-state index in [1.165, 1.54) is 9.75 Å². The fraction of sp³-hybridized carbons (Fsp3) is 0.353. The zero-order valence-electron chi connectivity index (χ0n) is 13.2. The monoisotopic (exact) mass is 317 g/mol. The molecule has 118 valence electrons. The number of furan rings is 1. The van der Waals surface area contributed by atoms with E-state index in [1.54, 1.807) is 17.6 Å². The second-order valence-electron chi connectivity index (χ2n) is 5.24. The average molecular weight is 317 g/mol. The van der Waals surface area contributed by atoms with Crippen LogP contribution in [0.3, 0.4) is 0 Å². The second-order valence-corrected chi connectivity index (χ2v) is 6.62. The van der Waals surface area contributed by atoms with Crippen LogP contribution in [0.2, 0.25) is 0 Å². The Morgan fingerprint density at radius 2 is 2.18 bits per heavy atom. The molecule has 2 aromatic heterocycles. The Balaban J connectivity index is 1.87. The largest absolute Gasteiger partial charge is 0.469 e. The number of aliphatic imine (C=N–C) groups is 1. The van der Waals surface area contributed by atoms with Crippen LogP contribution in [0, 0.1) is 6.92 Å². The summed E-state index contributed by atoms with van der Waals surface area (Å²) in [6, 6.07) is 8.14. The minimum atomic E-state index is 0.685. The molecular weight excluding hydrogens is 294 g/mol. The van der Waals surface area contributed by atoms with Crippen molar-refractivity contribution in [1.29, 1.82) is 0 Å². The Hall–Kier alpha value is -2.01. The number of guanidine groups is 1. The maximum atomic E-state index is 5.33. The van der Waals surface area contributed by atoms with Gasteiger partial charge < -0.3 is 15.1 Å². The number of hydrogen-bond donors (Lipinski definition) is 2. The van der Waals surface area contributed by atoms with Crippen LogP contribution in [-0.2, 0) is 13.0 Å². The highest BCUT2D eigenvalue weighted by Crippen LogP contribution is 2.15.